The molecule has 1 aromatic heterocycles. The number of thiophene rings is 1. The predicted molar refractivity (Wildman–Crippen MR) is 97.7 cm³/mol. The Bertz CT molecular complexity index is 565. The molecule has 24 heavy (non-hydrogen) atoms. The number of rotatable bonds is 5. The highest BCUT2D eigenvalue weighted by Gasteiger charge is 2.28. The first kappa shape index (κ1) is 18.9. The first-order valence-corrected chi connectivity index (χ1v) is 9.39. The maximum atomic E-state index is 12.4. The molecule has 0 saturated carbocycles. The van der Waals surface area contributed by atoms with E-state index in [0.29, 0.717) is 19.6 Å². The van der Waals surface area contributed by atoms with E-state index in [4.69, 9.17) is 0 Å². The van der Waals surface area contributed by atoms with Gasteiger partial charge in [-0.3, -0.25) is 9.69 Å². The second kappa shape index (κ2) is 8.11. The van der Waals surface area contributed by atoms with Crippen molar-refractivity contribution in [2.45, 2.75) is 39.8 Å². The van der Waals surface area contributed by atoms with Crippen molar-refractivity contribution in [3.63, 3.8) is 0 Å². The van der Waals surface area contributed by atoms with Crippen molar-refractivity contribution in [1.82, 2.24) is 15.1 Å². The van der Waals surface area contributed by atoms with Crippen LogP contribution in [0.15, 0.2) is 17.5 Å². The molecule has 1 aliphatic rings. The van der Waals surface area contributed by atoms with E-state index in [0.717, 1.165) is 18.0 Å². The van der Waals surface area contributed by atoms with Gasteiger partial charge >= 0.3 is 0 Å². The summed E-state index contributed by atoms with van der Waals surface area (Å²) in [5.74, 6) is 0.149. The van der Waals surface area contributed by atoms with Gasteiger partial charge in [-0.1, -0.05) is 26.8 Å². The van der Waals surface area contributed by atoms with Gasteiger partial charge in [-0.25, -0.2) is 0 Å². The molecule has 1 saturated heterocycles. The van der Waals surface area contributed by atoms with Crippen LogP contribution in [0.5, 0.6) is 0 Å². The van der Waals surface area contributed by atoms with Gasteiger partial charge in [0.2, 0.25) is 5.91 Å². The highest BCUT2D eigenvalue weighted by Crippen LogP contribution is 2.25. The Morgan fingerprint density at radius 2 is 2.04 bits per heavy atom. The van der Waals surface area contributed by atoms with Crippen LogP contribution in [-0.4, -0.2) is 54.5 Å². The molecule has 5 nitrogen and oxygen atoms in total. The molecule has 0 aliphatic carbocycles. The number of nitrogens with zero attached hydrogens (tertiary/aromatic N) is 3. The lowest BCUT2D eigenvalue weighted by atomic mass is 9.88. The van der Waals surface area contributed by atoms with Crippen LogP contribution in [0.3, 0.4) is 0 Å². The fraction of sp³-hybridized carbons (Fsp3) is 0.667. The molecule has 2 heterocycles. The van der Waals surface area contributed by atoms with Crippen molar-refractivity contribution in [2.24, 2.45) is 5.41 Å². The molecule has 1 fully saturated rings. The zero-order valence-electron chi connectivity index (χ0n) is 15.1. The summed E-state index contributed by atoms with van der Waals surface area (Å²) >= 11 is 1.62. The van der Waals surface area contributed by atoms with Crippen LogP contribution >= 0.6 is 11.3 Å². The van der Waals surface area contributed by atoms with Gasteiger partial charge in [-0.2, -0.15) is 5.26 Å². The molecule has 6 heteroatoms. The largest absolute Gasteiger partial charge is 0.339 e. The number of amides is 1. The number of nitriles is 1. The quantitative estimate of drug-likeness (QED) is 0.888. The molecule has 0 aromatic carbocycles. The first-order chi connectivity index (χ1) is 11.3. The van der Waals surface area contributed by atoms with E-state index >= 15 is 0 Å². The van der Waals surface area contributed by atoms with Crippen LogP contribution in [0.25, 0.3) is 0 Å². The first-order valence-electron chi connectivity index (χ1n) is 8.51. The van der Waals surface area contributed by atoms with Crippen LogP contribution < -0.4 is 5.32 Å². The van der Waals surface area contributed by atoms with E-state index in [1.54, 1.807) is 11.3 Å². The van der Waals surface area contributed by atoms with E-state index < -0.39 is 0 Å². The van der Waals surface area contributed by atoms with Crippen LogP contribution in [0, 0.1) is 16.7 Å². The van der Waals surface area contributed by atoms with Crippen molar-refractivity contribution < 1.29 is 4.79 Å². The third-order valence-corrected chi connectivity index (χ3v) is 5.75. The molecule has 0 radical (unpaired) electrons. The molecule has 2 atom stereocenters. The summed E-state index contributed by atoms with van der Waals surface area (Å²) in [6.07, 6.45) is 0. The summed E-state index contributed by atoms with van der Waals surface area (Å²) in [6.45, 7) is 11.9. The zero-order valence-corrected chi connectivity index (χ0v) is 15.9. The third kappa shape index (κ3) is 4.79. The van der Waals surface area contributed by atoms with Gasteiger partial charge in [0.05, 0.1) is 12.6 Å². The molecule has 1 aliphatic heterocycles. The van der Waals surface area contributed by atoms with Crippen LogP contribution in [0.1, 0.15) is 38.6 Å². The summed E-state index contributed by atoms with van der Waals surface area (Å²) in [4.78, 5) is 17.5. The molecular formula is C18H28N4OS. The average Bonchev–Trinajstić information content (AvgIpc) is 3.07. The Hall–Kier alpha value is -1.42. The van der Waals surface area contributed by atoms with Crippen LogP contribution in [0.4, 0.5) is 0 Å². The van der Waals surface area contributed by atoms with Gasteiger partial charge in [0.25, 0.3) is 0 Å². The molecule has 0 spiro atoms. The summed E-state index contributed by atoms with van der Waals surface area (Å²) < 4.78 is 0. The molecular weight excluding hydrogens is 320 g/mol. The van der Waals surface area contributed by atoms with Crippen molar-refractivity contribution >= 4 is 17.2 Å². The lowest BCUT2D eigenvalue weighted by Crippen LogP contribution is -2.52. The highest BCUT2D eigenvalue weighted by molar-refractivity contribution is 7.10. The van der Waals surface area contributed by atoms with Crippen molar-refractivity contribution in [2.75, 3.05) is 32.7 Å². The van der Waals surface area contributed by atoms with E-state index in [2.05, 4.69) is 44.0 Å². The van der Waals surface area contributed by atoms with Gasteiger partial charge in [0, 0.05) is 37.1 Å². The van der Waals surface area contributed by atoms with Gasteiger partial charge in [0.1, 0.15) is 6.04 Å². The van der Waals surface area contributed by atoms with Gasteiger partial charge in [-0.05, 0) is 23.8 Å². The van der Waals surface area contributed by atoms with Gasteiger partial charge < -0.3 is 10.2 Å². The zero-order chi connectivity index (χ0) is 17.7. The summed E-state index contributed by atoms with van der Waals surface area (Å²) in [5, 5.41) is 14.8. The topological polar surface area (TPSA) is 59.4 Å². The Balaban J connectivity index is 1.82. The number of carbonyl (C=O) groups is 1. The minimum atomic E-state index is -0.193. The molecule has 1 aromatic rings. The SMILES string of the molecule is CC(NCC(=O)N1CCN(C(C#N)c2cccs2)CC1)C(C)(C)C. The second-order valence-electron chi connectivity index (χ2n) is 7.43. The van der Waals surface area contributed by atoms with E-state index in [1.807, 2.05) is 22.4 Å². The Morgan fingerprint density at radius 3 is 2.54 bits per heavy atom. The third-order valence-electron chi connectivity index (χ3n) is 4.83. The standard InChI is InChI=1S/C18H28N4OS/c1-14(18(2,3)4)20-13-17(23)22-9-7-21(8-10-22)15(12-19)16-6-5-11-24-16/h5-6,11,14-15,20H,7-10,13H2,1-4H3. The van der Waals surface area contributed by atoms with Crippen LogP contribution in [0.2, 0.25) is 0 Å². The van der Waals surface area contributed by atoms with E-state index in [9.17, 15) is 10.1 Å². The molecule has 1 amide bonds. The normalized spacial score (nSPS) is 18.9. The minimum Gasteiger partial charge on any atom is -0.339 e. The van der Waals surface area contributed by atoms with Crippen molar-refractivity contribution in [3.05, 3.63) is 22.4 Å². The second-order valence-corrected chi connectivity index (χ2v) is 8.41. The summed E-state index contributed by atoms with van der Waals surface area (Å²) in [5.41, 5.74) is 0.139. The lowest BCUT2D eigenvalue weighted by molar-refractivity contribution is -0.132. The molecule has 132 valence electrons. The Morgan fingerprint density at radius 1 is 1.38 bits per heavy atom. The maximum Gasteiger partial charge on any atom is 0.236 e. The summed E-state index contributed by atoms with van der Waals surface area (Å²) in [7, 11) is 0. The van der Waals surface area contributed by atoms with Crippen molar-refractivity contribution in [1.29, 1.82) is 5.26 Å². The number of hydrogen-bond acceptors (Lipinski definition) is 5. The fourth-order valence-electron chi connectivity index (χ4n) is 2.66. The van der Waals surface area contributed by atoms with Crippen LogP contribution in [-0.2, 0) is 4.79 Å². The predicted octanol–water partition coefficient (Wildman–Crippen LogP) is 2.48. The summed E-state index contributed by atoms with van der Waals surface area (Å²) in [6, 6.07) is 6.47. The monoisotopic (exact) mass is 348 g/mol. The number of hydrogen-bond donors (Lipinski definition) is 1. The lowest BCUT2D eigenvalue weighted by Gasteiger charge is -2.37. The van der Waals surface area contributed by atoms with Crippen molar-refractivity contribution in [3.8, 4) is 6.07 Å². The van der Waals surface area contributed by atoms with E-state index in [1.165, 1.54) is 0 Å². The Kier molecular flexibility index (Phi) is 6.39. The van der Waals surface area contributed by atoms with E-state index in [-0.39, 0.29) is 23.4 Å². The smallest absolute Gasteiger partial charge is 0.236 e. The van der Waals surface area contributed by atoms with Gasteiger partial charge in [0.15, 0.2) is 0 Å². The van der Waals surface area contributed by atoms with Gasteiger partial charge in [-0.15, -0.1) is 11.3 Å². The average molecular weight is 349 g/mol. The molecule has 2 rings (SSSR count). The molecule has 0 bridgehead atoms. The molecule has 2 unspecified atom stereocenters. The Labute approximate surface area is 149 Å². The number of carbonyl (C=O) groups excluding carboxylic acids is 1. The maximum absolute atomic E-state index is 12.4. The fourth-order valence-corrected chi connectivity index (χ4v) is 3.46. The number of nitrogens with one attached hydrogen (secondary N) is 1. The minimum absolute atomic E-state index is 0.139. The molecule has 1 N–H and O–H groups in total. The highest BCUT2D eigenvalue weighted by atomic mass is 32.1. The number of piperazine rings is 1.